The lowest BCUT2D eigenvalue weighted by Gasteiger charge is -2.11. The van der Waals surface area contributed by atoms with Gasteiger partial charge in [0.25, 0.3) is 5.91 Å². The Kier molecular flexibility index (Phi) is 4.90. The molecule has 2 aromatic rings. The molecule has 0 spiro atoms. The summed E-state index contributed by atoms with van der Waals surface area (Å²) in [6, 6.07) is 7.40. The highest BCUT2D eigenvalue weighted by Crippen LogP contribution is 2.29. The first kappa shape index (κ1) is 18.5. The fourth-order valence-electron chi connectivity index (χ4n) is 1.85. The van der Waals surface area contributed by atoms with Crippen molar-refractivity contribution in [3.8, 4) is 11.5 Å². The van der Waals surface area contributed by atoms with Crippen molar-refractivity contribution in [3.63, 3.8) is 0 Å². The second-order valence-electron chi connectivity index (χ2n) is 4.75. The van der Waals surface area contributed by atoms with E-state index in [1.54, 1.807) is 0 Å². The number of amides is 1. The van der Waals surface area contributed by atoms with E-state index in [0.717, 1.165) is 18.2 Å². The van der Waals surface area contributed by atoms with Crippen molar-refractivity contribution in [1.82, 2.24) is 0 Å². The van der Waals surface area contributed by atoms with Crippen LogP contribution in [0.4, 0.5) is 18.9 Å². The van der Waals surface area contributed by atoms with E-state index in [0.29, 0.717) is 6.07 Å². The molecule has 0 radical (unpaired) electrons. The molecular formula is C14H11F3N2O5S. The summed E-state index contributed by atoms with van der Waals surface area (Å²) in [5.74, 6) is -2.32. The monoisotopic (exact) mass is 376 g/mol. The molecular weight excluding hydrogens is 365 g/mol. The van der Waals surface area contributed by atoms with Crippen LogP contribution in [0, 0.1) is 0 Å². The summed E-state index contributed by atoms with van der Waals surface area (Å²) in [4.78, 5) is 11.8. The lowest BCUT2D eigenvalue weighted by atomic mass is 10.1. The molecule has 0 aliphatic heterocycles. The number of rotatable bonds is 4. The molecule has 0 aliphatic rings. The van der Waals surface area contributed by atoms with Crippen LogP contribution in [0.25, 0.3) is 0 Å². The average molecular weight is 376 g/mol. The highest BCUT2D eigenvalue weighted by Gasteiger charge is 2.31. The maximum Gasteiger partial charge on any atom is 0.573 e. The second kappa shape index (κ2) is 6.61. The molecule has 0 heterocycles. The Labute approximate surface area is 139 Å². The molecule has 0 bridgehead atoms. The van der Waals surface area contributed by atoms with Crippen LogP contribution in [0.3, 0.4) is 0 Å². The lowest BCUT2D eigenvalue weighted by Crippen LogP contribution is -2.17. The highest BCUT2D eigenvalue weighted by molar-refractivity contribution is 7.89. The zero-order chi connectivity index (χ0) is 18.8. The third-order valence-electron chi connectivity index (χ3n) is 2.87. The molecule has 2 aromatic carbocycles. The van der Waals surface area contributed by atoms with Crippen molar-refractivity contribution in [2.45, 2.75) is 11.3 Å². The number of hydrogen-bond donors (Lipinski definition) is 3. The minimum Gasteiger partial charge on any atom is -0.507 e. The van der Waals surface area contributed by atoms with Gasteiger partial charge in [-0.15, -0.1) is 13.2 Å². The Balaban J connectivity index is 2.22. The van der Waals surface area contributed by atoms with Crippen molar-refractivity contribution < 1.29 is 36.2 Å². The van der Waals surface area contributed by atoms with E-state index in [9.17, 15) is 31.5 Å². The number of nitrogens with one attached hydrogen (secondary N) is 1. The molecule has 134 valence electrons. The number of carbonyl (C=O) groups is 1. The summed E-state index contributed by atoms with van der Waals surface area (Å²) in [5, 5.41) is 17.0. The van der Waals surface area contributed by atoms with Gasteiger partial charge in [0.1, 0.15) is 11.5 Å². The number of benzene rings is 2. The number of nitrogens with two attached hydrogens (primary N) is 1. The van der Waals surface area contributed by atoms with Gasteiger partial charge in [-0.05, 0) is 30.3 Å². The van der Waals surface area contributed by atoms with Crippen LogP contribution < -0.4 is 15.2 Å². The van der Waals surface area contributed by atoms with E-state index in [-0.39, 0.29) is 16.1 Å². The molecule has 0 saturated carbocycles. The molecule has 0 unspecified atom stereocenters. The van der Waals surface area contributed by atoms with E-state index < -0.39 is 33.8 Å². The molecule has 4 N–H and O–H groups in total. The van der Waals surface area contributed by atoms with Crippen molar-refractivity contribution in [2.75, 3.05) is 5.32 Å². The largest absolute Gasteiger partial charge is 0.573 e. The number of carbonyl (C=O) groups excluding carboxylic acids is 1. The maximum atomic E-state index is 12.1. The predicted octanol–water partition coefficient (Wildman–Crippen LogP) is 2.19. The Morgan fingerprint density at radius 3 is 2.40 bits per heavy atom. The summed E-state index contributed by atoms with van der Waals surface area (Å²) in [7, 11) is -3.98. The fourth-order valence-corrected chi connectivity index (χ4v) is 2.41. The number of ether oxygens (including phenoxy) is 1. The summed E-state index contributed by atoms with van der Waals surface area (Å²) >= 11 is 0. The van der Waals surface area contributed by atoms with Crippen LogP contribution in [0.2, 0.25) is 0 Å². The minimum absolute atomic E-state index is 0.0616. The van der Waals surface area contributed by atoms with Crippen LogP contribution in [-0.2, 0) is 10.0 Å². The fraction of sp³-hybridized carbons (Fsp3) is 0.0714. The lowest BCUT2D eigenvalue weighted by molar-refractivity contribution is -0.274. The van der Waals surface area contributed by atoms with E-state index >= 15 is 0 Å². The van der Waals surface area contributed by atoms with E-state index in [1.165, 1.54) is 18.2 Å². The highest BCUT2D eigenvalue weighted by atomic mass is 32.2. The Morgan fingerprint density at radius 1 is 1.16 bits per heavy atom. The molecule has 2 rings (SSSR count). The van der Waals surface area contributed by atoms with Gasteiger partial charge in [-0.2, -0.15) is 0 Å². The van der Waals surface area contributed by atoms with Crippen molar-refractivity contribution >= 4 is 21.6 Å². The van der Waals surface area contributed by atoms with Gasteiger partial charge in [0.2, 0.25) is 10.0 Å². The summed E-state index contributed by atoms with van der Waals surface area (Å²) < 4.78 is 62.5. The quantitative estimate of drug-likeness (QED) is 0.756. The van der Waals surface area contributed by atoms with Crippen molar-refractivity contribution in [1.29, 1.82) is 0 Å². The Hall–Kier alpha value is -2.79. The van der Waals surface area contributed by atoms with Crippen LogP contribution in [0.15, 0.2) is 47.4 Å². The second-order valence-corrected chi connectivity index (χ2v) is 6.32. The molecule has 0 aliphatic carbocycles. The van der Waals surface area contributed by atoms with Crippen LogP contribution in [0.1, 0.15) is 10.4 Å². The third kappa shape index (κ3) is 5.09. The smallest absolute Gasteiger partial charge is 0.507 e. The first-order chi connectivity index (χ1) is 11.5. The van der Waals surface area contributed by atoms with E-state index in [2.05, 4.69) is 10.1 Å². The van der Waals surface area contributed by atoms with Gasteiger partial charge in [0.15, 0.2) is 0 Å². The number of hydrogen-bond acceptors (Lipinski definition) is 5. The molecule has 0 aromatic heterocycles. The van der Waals surface area contributed by atoms with Crippen LogP contribution in [0.5, 0.6) is 11.5 Å². The number of primary sulfonamides is 1. The third-order valence-corrected chi connectivity index (χ3v) is 3.78. The van der Waals surface area contributed by atoms with Gasteiger partial charge in [-0.1, -0.05) is 6.07 Å². The number of anilines is 1. The normalized spacial score (nSPS) is 11.8. The first-order valence-electron chi connectivity index (χ1n) is 6.49. The maximum absolute atomic E-state index is 12.1. The van der Waals surface area contributed by atoms with Crippen molar-refractivity contribution in [3.05, 3.63) is 48.0 Å². The zero-order valence-electron chi connectivity index (χ0n) is 12.2. The van der Waals surface area contributed by atoms with Gasteiger partial charge in [0.05, 0.1) is 10.5 Å². The van der Waals surface area contributed by atoms with E-state index in [1.807, 2.05) is 0 Å². The first-order valence-corrected chi connectivity index (χ1v) is 8.03. The zero-order valence-corrected chi connectivity index (χ0v) is 13.1. The number of phenols is 1. The van der Waals surface area contributed by atoms with Gasteiger partial charge < -0.3 is 15.2 Å². The molecule has 25 heavy (non-hydrogen) atoms. The number of alkyl halides is 3. The standard InChI is InChI=1S/C14H11F3N2O5S/c15-14(16,17)24-9-4-5-11(12(20)7-9)13(21)19-8-2-1-3-10(6-8)25(18,22)23/h1-7,20H,(H,19,21)(H2,18,22,23). The van der Waals surface area contributed by atoms with Gasteiger partial charge in [-0.25, -0.2) is 13.6 Å². The SMILES string of the molecule is NS(=O)(=O)c1cccc(NC(=O)c2ccc(OC(F)(F)F)cc2O)c1. The Bertz CT molecular complexity index is 913. The molecule has 0 fully saturated rings. The van der Waals surface area contributed by atoms with E-state index in [4.69, 9.17) is 5.14 Å². The summed E-state index contributed by atoms with van der Waals surface area (Å²) in [6.45, 7) is 0. The average Bonchev–Trinajstić information content (AvgIpc) is 2.44. The van der Waals surface area contributed by atoms with Crippen LogP contribution >= 0.6 is 0 Å². The Morgan fingerprint density at radius 2 is 1.84 bits per heavy atom. The minimum atomic E-state index is -4.94. The summed E-state index contributed by atoms with van der Waals surface area (Å²) in [5.41, 5.74) is -0.276. The van der Waals surface area contributed by atoms with Gasteiger partial charge in [0, 0.05) is 11.8 Å². The van der Waals surface area contributed by atoms with Gasteiger partial charge in [-0.3, -0.25) is 4.79 Å². The summed E-state index contributed by atoms with van der Waals surface area (Å²) in [6.07, 6.45) is -4.94. The molecule has 11 heteroatoms. The van der Waals surface area contributed by atoms with Crippen molar-refractivity contribution in [2.24, 2.45) is 5.14 Å². The number of phenolic OH excluding ortho intramolecular Hbond substituents is 1. The molecule has 0 saturated heterocycles. The number of sulfonamides is 1. The van der Waals surface area contributed by atoms with Gasteiger partial charge >= 0.3 is 6.36 Å². The van der Waals surface area contributed by atoms with Crippen LogP contribution in [-0.4, -0.2) is 25.8 Å². The molecule has 0 atom stereocenters. The predicted molar refractivity (Wildman–Crippen MR) is 80.6 cm³/mol. The number of halogens is 3. The molecule has 7 nitrogen and oxygen atoms in total. The number of aromatic hydroxyl groups is 1. The topological polar surface area (TPSA) is 119 Å². The molecule has 1 amide bonds.